The molecule has 0 aromatic carbocycles. The highest BCUT2D eigenvalue weighted by molar-refractivity contribution is 14.0. The van der Waals surface area contributed by atoms with Crippen LogP contribution < -0.4 is 10.6 Å². The normalized spacial score (nSPS) is 12.5. The van der Waals surface area contributed by atoms with Crippen molar-refractivity contribution >= 4 is 29.9 Å². The lowest BCUT2D eigenvalue weighted by Crippen LogP contribution is -2.40. The zero-order valence-corrected chi connectivity index (χ0v) is 16.7. The number of guanidine groups is 1. The molecule has 0 bridgehead atoms. The quantitative estimate of drug-likeness (QED) is 0.281. The molecule has 0 saturated carbocycles. The number of hydrogen-bond donors (Lipinski definition) is 2. The second kappa shape index (κ2) is 11.1. The number of aliphatic imine (C=N–C) groups is 1. The Morgan fingerprint density at radius 2 is 2.17 bits per heavy atom. The first-order chi connectivity index (χ1) is 11.2. The number of ether oxygens (including phenoxy) is 1. The Morgan fingerprint density at radius 3 is 2.79 bits per heavy atom. The maximum absolute atomic E-state index is 5.65. The summed E-state index contributed by atoms with van der Waals surface area (Å²) in [6.07, 6.45) is 2.48. The van der Waals surface area contributed by atoms with Crippen LogP contribution in [0.15, 0.2) is 44.4 Å². The Bertz CT molecular complexity index is 596. The summed E-state index contributed by atoms with van der Waals surface area (Å²) in [7, 11) is 1.67. The highest BCUT2D eigenvalue weighted by atomic mass is 127. The van der Waals surface area contributed by atoms with Crippen LogP contribution in [0.25, 0.3) is 0 Å². The Balaban J connectivity index is 0.00000288. The molecule has 2 aromatic rings. The maximum Gasteiger partial charge on any atom is 0.191 e. The van der Waals surface area contributed by atoms with Crippen molar-refractivity contribution in [2.24, 2.45) is 4.99 Å². The molecule has 0 saturated heterocycles. The summed E-state index contributed by atoms with van der Waals surface area (Å²) in [6.45, 7) is 5.88. The van der Waals surface area contributed by atoms with E-state index in [1.165, 1.54) is 0 Å². The third-order valence-electron chi connectivity index (χ3n) is 3.35. The van der Waals surface area contributed by atoms with Crippen molar-refractivity contribution in [1.82, 2.24) is 10.6 Å². The fourth-order valence-corrected chi connectivity index (χ4v) is 2.12. The van der Waals surface area contributed by atoms with Gasteiger partial charge >= 0.3 is 0 Å². The Hall–Kier alpha value is -1.48. The predicted octanol–water partition coefficient (Wildman–Crippen LogP) is 3.28. The molecule has 6 nitrogen and oxygen atoms in total. The van der Waals surface area contributed by atoms with Crippen LogP contribution in [0.5, 0.6) is 0 Å². The first-order valence-corrected chi connectivity index (χ1v) is 7.81. The van der Waals surface area contributed by atoms with Gasteiger partial charge in [0.2, 0.25) is 0 Å². The smallest absolute Gasteiger partial charge is 0.191 e. The Labute approximate surface area is 160 Å². The van der Waals surface area contributed by atoms with E-state index in [-0.39, 0.29) is 30.0 Å². The zero-order chi connectivity index (χ0) is 16.5. The van der Waals surface area contributed by atoms with Gasteiger partial charge in [0.05, 0.1) is 25.5 Å². The van der Waals surface area contributed by atoms with E-state index in [1.54, 1.807) is 13.4 Å². The molecule has 0 spiro atoms. The molecule has 1 unspecified atom stereocenters. The average Bonchev–Trinajstić information content (AvgIpc) is 3.19. The molecule has 7 heteroatoms. The van der Waals surface area contributed by atoms with Gasteiger partial charge in [0.25, 0.3) is 0 Å². The summed E-state index contributed by atoms with van der Waals surface area (Å²) >= 11 is 0. The van der Waals surface area contributed by atoms with Gasteiger partial charge in [0.15, 0.2) is 5.96 Å². The lowest BCUT2D eigenvalue weighted by molar-refractivity contribution is 0.208. The van der Waals surface area contributed by atoms with Crippen molar-refractivity contribution in [3.8, 4) is 0 Å². The summed E-state index contributed by atoms with van der Waals surface area (Å²) in [5.74, 6) is 3.46. The number of nitrogens with zero attached hydrogens (tertiary/aromatic N) is 1. The van der Waals surface area contributed by atoms with Gasteiger partial charge in [-0.05, 0) is 38.1 Å². The van der Waals surface area contributed by atoms with Crippen molar-refractivity contribution in [1.29, 1.82) is 0 Å². The van der Waals surface area contributed by atoms with Gasteiger partial charge in [-0.25, -0.2) is 0 Å². The molecule has 0 fully saturated rings. The molecular formula is C17H26IN3O3. The number of halogens is 1. The van der Waals surface area contributed by atoms with Gasteiger partial charge in [-0.1, -0.05) is 0 Å². The van der Waals surface area contributed by atoms with Crippen LogP contribution in [-0.4, -0.2) is 32.8 Å². The van der Waals surface area contributed by atoms with Gasteiger partial charge in [-0.15, -0.1) is 24.0 Å². The summed E-state index contributed by atoms with van der Waals surface area (Å²) in [5, 5.41) is 6.65. The number of rotatable bonds is 8. The maximum atomic E-state index is 5.65. The molecule has 2 rings (SSSR count). The van der Waals surface area contributed by atoms with Crippen LogP contribution in [0.1, 0.15) is 30.2 Å². The molecular weight excluding hydrogens is 421 g/mol. The third-order valence-corrected chi connectivity index (χ3v) is 3.35. The fraction of sp³-hybridized carbons (Fsp3) is 0.471. The molecule has 134 valence electrons. The van der Waals surface area contributed by atoms with Crippen LogP contribution in [0.2, 0.25) is 0 Å². The lowest BCUT2D eigenvalue weighted by Gasteiger charge is -2.16. The molecule has 0 amide bonds. The van der Waals surface area contributed by atoms with E-state index in [9.17, 15) is 0 Å². The minimum atomic E-state index is 0. The van der Waals surface area contributed by atoms with Gasteiger partial charge in [-0.2, -0.15) is 0 Å². The largest absolute Gasteiger partial charge is 0.469 e. The number of hydrogen-bond acceptors (Lipinski definition) is 4. The predicted molar refractivity (Wildman–Crippen MR) is 105 cm³/mol. The molecule has 0 aliphatic rings. The highest BCUT2D eigenvalue weighted by Crippen LogP contribution is 2.15. The van der Waals surface area contributed by atoms with Crippen molar-refractivity contribution in [3.63, 3.8) is 0 Å². The number of furan rings is 2. The van der Waals surface area contributed by atoms with E-state index in [1.807, 2.05) is 38.1 Å². The minimum absolute atomic E-state index is 0. The van der Waals surface area contributed by atoms with E-state index in [2.05, 4.69) is 15.6 Å². The molecule has 0 aliphatic carbocycles. The van der Waals surface area contributed by atoms with Crippen LogP contribution in [0, 0.1) is 6.92 Å². The topological polar surface area (TPSA) is 71.9 Å². The molecule has 1 atom stereocenters. The molecule has 0 radical (unpaired) electrons. The van der Waals surface area contributed by atoms with Gasteiger partial charge in [0.1, 0.15) is 17.3 Å². The first kappa shape index (κ1) is 20.6. The first-order valence-electron chi connectivity index (χ1n) is 7.81. The second-order valence-electron chi connectivity index (χ2n) is 5.29. The van der Waals surface area contributed by atoms with Crippen LogP contribution >= 0.6 is 24.0 Å². The summed E-state index contributed by atoms with van der Waals surface area (Å²) < 4.78 is 16.0. The fourth-order valence-electron chi connectivity index (χ4n) is 2.12. The van der Waals surface area contributed by atoms with Crippen LogP contribution in [0.3, 0.4) is 0 Å². The lowest BCUT2D eigenvalue weighted by atomic mass is 10.2. The van der Waals surface area contributed by atoms with Gasteiger partial charge < -0.3 is 24.2 Å². The summed E-state index contributed by atoms with van der Waals surface area (Å²) in [6, 6.07) is 7.82. The monoisotopic (exact) mass is 447 g/mol. The van der Waals surface area contributed by atoms with Crippen molar-refractivity contribution in [2.75, 3.05) is 26.8 Å². The summed E-state index contributed by atoms with van der Waals surface area (Å²) in [5.41, 5.74) is 0. The van der Waals surface area contributed by atoms with Crippen molar-refractivity contribution in [2.45, 2.75) is 26.3 Å². The van der Waals surface area contributed by atoms with E-state index in [0.717, 1.165) is 36.2 Å². The zero-order valence-electron chi connectivity index (χ0n) is 14.4. The minimum Gasteiger partial charge on any atom is -0.469 e. The van der Waals surface area contributed by atoms with Crippen molar-refractivity contribution < 1.29 is 13.6 Å². The third kappa shape index (κ3) is 6.96. The van der Waals surface area contributed by atoms with Gasteiger partial charge in [0, 0.05) is 20.1 Å². The average molecular weight is 447 g/mol. The van der Waals surface area contributed by atoms with Crippen LogP contribution in [0.4, 0.5) is 0 Å². The van der Waals surface area contributed by atoms with E-state index >= 15 is 0 Å². The van der Waals surface area contributed by atoms with E-state index in [0.29, 0.717) is 13.2 Å². The number of aryl methyl sites for hydroxylation is 1. The molecule has 2 aromatic heterocycles. The molecule has 2 heterocycles. The number of methoxy groups -OCH3 is 1. The van der Waals surface area contributed by atoms with Crippen molar-refractivity contribution in [3.05, 3.63) is 47.8 Å². The Kier molecular flexibility index (Phi) is 9.55. The SMILES string of the molecule is COCCN=C(NCCc1ccco1)NC(C)c1ccc(C)o1.I. The summed E-state index contributed by atoms with van der Waals surface area (Å²) in [4.78, 5) is 4.50. The van der Waals surface area contributed by atoms with E-state index in [4.69, 9.17) is 13.6 Å². The van der Waals surface area contributed by atoms with Gasteiger partial charge in [-0.3, -0.25) is 4.99 Å². The Morgan fingerprint density at radius 1 is 1.33 bits per heavy atom. The standard InChI is InChI=1S/C17H25N3O3.HI/c1-13-6-7-16(23-13)14(2)20-17(19-10-12-21-3)18-9-8-15-5-4-11-22-15;/h4-7,11,14H,8-10,12H2,1-3H3,(H2,18,19,20);1H. The highest BCUT2D eigenvalue weighted by Gasteiger charge is 2.11. The molecule has 24 heavy (non-hydrogen) atoms. The molecule has 2 N–H and O–H groups in total. The van der Waals surface area contributed by atoms with E-state index < -0.39 is 0 Å². The van der Waals surface area contributed by atoms with Crippen LogP contribution in [-0.2, 0) is 11.2 Å². The molecule has 0 aliphatic heterocycles. The number of nitrogens with one attached hydrogen (secondary N) is 2. The second-order valence-corrected chi connectivity index (χ2v) is 5.29.